The van der Waals surface area contributed by atoms with E-state index < -0.39 is 0 Å². The summed E-state index contributed by atoms with van der Waals surface area (Å²) in [7, 11) is 1.63. The second kappa shape index (κ2) is 9.38. The average molecular weight is 405 g/mol. The molecular weight excluding hydrogens is 384 g/mol. The van der Waals surface area contributed by atoms with Gasteiger partial charge in [0.25, 0.3) is 5.56 Å². The van der Waals surface area contributed by atoms with E-state index in [0.717, 1.165) is 27.8 Å². The first kappa shape index (κ1) is 19.2. The Hall–Kier alpha value is -2.59. The van der Waals surface area contributed by atoms with Crippen LogP contribution in [0.2, 0.25) is 0 Å². The molecule has 0 unspecified atom stereocenters. The fraction of sp³-hybridized carbons (Fsp3) is 0.294. The zero-order chi connectivity index (χ0) is 19.1. The Balaban J connectivity index is 1.46. The summed E-state index contributed by atoms with van der Waals surface area (Å²) in [4.78, 5) is 19.3. The van der Waals surface area contributed by atoms with E-state index in [-0.39, 0.29) is 5.56 Å². The quantitative estimate of drug-likeness (QED) is 0.464. The van der Waals surface area contributed by atoms with Crippen LogP contribution in [0.15, 0.2) is 35.3 Å². The first-order valence-electron chi connectivity index (χ1n) is 8.24. The number of hydrogen-bond donors (Lipinski definition) is 3. The fourth-order valence-electron chi connectivity index (χ4n) is 2.33. The number of nitrogen functional groups attached to an aromatic ring is 1. The third kappa shape index (κ3) is 5.69. The minimum Gasteiger partial charge on any atom is -0.497 e. The fourth-order valence-corrected chi connectivity index (χ4v) is 3.84. The van der Waals surface area contributed by atoms with Crippen LogP contribution in [-0.4, -0.2) is 39.6 Å². The van der Waals surface area contributed by atoms with Gasteiger partial charge in [0.1, 0.15) is 10.8 Å². The minimum atomic E-state index is -0.139. The summed E-state index contributed by atoms with van der Waals surface area (Å²) >= 11 is 3.11. The summed E-state index contributed by atoms with van der Waals surface area (Å²) in [5, 5.41) is 12.3. The molecule has 0 aliphatic heterocycles. The van der Waals surface area contributed by atoms with Crippen molar-refractivity contribution in [3.05, 3.63) is 57.0 Å². The molecule has 2 aromatic heterocycles. The molecule has 0 atom stereocenters. The van der Waals surface area contributed by atoms with Crippen molar-refractivity contribution < 1.29 is 4.74 Å². The third-order valence-corrected chi connectivity index (χ3v) is 5.58. The summed E-state index contributed by atoms with van der Waals surface area (Å²) in [6, 6.07) is 7.63. The molecule has 0 aliphatic rings. The maximum atomic E-state index is 12.3. The smallest absolute Gasteiger partial charge is 0.255 e. The number of rotatable bonds is 9. The van der Waals surface area contributed by atoms with Crippen LogP contribution in [0.3, 0.4) is 0 Å². The molecule has 142 valence electrons. The second-order valence-electron chi connectivity index (χ2n) is 5.62. The minimum absolute atomic E-state index is 0.139. The van der Waals surface area contributed by atoms with E-state index in [4.69, 9.17) is 10.5 Å². The summed E-state index contributed by atoms with van der Waals surface area (Å²) in [5.41, 5.74) is 7.05. The number of aromatic amines is 1. The van der Waals surface area contributed by atoms with Crippen LogP contribution in [0.5, 0.6) is 5.75 Å². The van der Waals surface area contributed by atoms with Crippen molar-refractivity contribution in [2.75, 3.05) is 30.5 Å². The zero-order valence-corrected chi connectivity index (χ0v) is 16.4. The molecule has 0 radical (unpaired) electrons. The molecule has 3 aromatic rings. The number of thioether (sulfide) groups is 1. The van der Waals surface area contributed by atoms with Crippen molar-refractivity contribution >= 4 is 34.2 Å². The van der Waals surface area contributed by atoms with Crippen molar-refractivity contribution in [1.29, 1.82) is 0 Å². The highest BCUT2D eigenvalue weighted by Crippen LogP contribution is 2.17. The Labute approximate surface area is 164 Å². The van der Waals surface area contributed by atoms with Gasteiger partial charge in [-0.25, -0.2) is 4.98 Å². The van der Waals surface area contributed by atoms with Crippen molar-refractivity contribution in [2.24, 2.45) is 0 Å². The van der Waals surface area contributed by atoms with Gasteiger partial charge in [0, 0.05) is 36.2 Å². The maximum absolute atomic E-state index is 12.3. The Bertz CT molecular complexity index is 926. The lowest BCUT2D eigenvalue weighted by Gasteiger charge is -2.06. The predicted molar refractivity (Wildman–Crippen MR) is 110 cm³/mol. The largest absolute Gasteiger partial charge is 0.497 e. The van der Waals surface area contributed by atoms with Crippen LogP contribution < -0.4 is 21.3 Å². The Morgan fingerprint density at radius 2 is 2.11 bits per heavy atom. The number of nitrogens with one attached hydrogen (secondary N) is 2. The number of aromatic nitrogens is 4. The highest BCUT2D eigenvalue weighted by molar-refractivity contribution is 7.98. The number of nitrogens with zero attached hydrogens (tertiary/aromatic N) is 3. The van der Waals surface area contributed by atoms with E-state index >= 15 is 0 Å². The first-order chi connectivity index (χ1) is 13.1. The van der Waals surface area contributed by atoms with Gasteiger partial charge < -0.3 is 15.8 Å². The van der Waals surface area contributed by atoms with Gasteiger partial charge >= 0.3 is 0 Å². The van der Waals surface area contributed by atoms with Crippen molar-refractivity contribution in [3.63, 3.8) is 0 Å². The molecule has 0 saturated heterocycles. The Kier molecular flexibility index (Phi) is 6.66. The summed E-state index contributed by atoms with van der Waals surface area (Å²) in [6.07, 6.45) is 2.13. The molecular formula is C17H20N6O2S2. The molecule has 0 aliphatic carbocycles. The summed E-state index contributed by atoms with van der Waals surface area (Å²) < 4.78 is 5.14. The van der Waals surface area contributed by atoms with Gasteiger partial charge in [0.05, 0.1) is 7.11 Å². The Morgan fingerprint density at radius 3 is 2.78 bits per heavy atom. The van der Waals surface area contributed by atoms with E-state index in [0.29, 0.717) is 29.6 Å². The number of hydrogen-bond acceptors (Lipinski definition) is 9. The number of nitrogens with two attached hydrogens (primary N) is 1. The molecule has 0 fully saturated rings. The predicted octanol–water partition coefficient (Wildman–Crippen LogP) is 2.15. The lowest BCUT2D eigenvalue weighted by molar-refractivity contribution is 0.414. The van der Waals surface area contributed by atoms with E-state index in [9.17, 15) is 4.79 Å². The number of anilines is 2. The molecule has 10 heteroatoms. The van der Waals surface area contributed by atoms with Gasteiger partial charge in [-0.05, 0) is 17.7 Å². The standard InChI is InChI=1S/C17H20N6O2S2/c1-25-13-4-2-11(3-5-13)8-12-9-20-17(21-15(12)24)19-6-7-26-10-14-22-23-16(18)27-14/h2-5,9H,6-8,10H2,1H3,(H2,18,23)(H2,19,20,21,24). The van der Waals surface area contributed by atoms with Gasteiger partial charge in [-0.15, -0.1) is 10.2 Å². The monoisotopic (exact) mass is 404 g/mol. The molecule has 3 rings (SSSR count). The summed E-state index contributed by atoms with van der Waals surface area (Å²) in [5.74, 6) is 2.87. The highest BCUT2D eigenvalue weighted by Gasteiger charge is 2.05. The van der Waals surface area contributed by atoms with Gasteiger partial charge in [-0.3, -0.25) is 9.78 Å². The molecule has 8 nitrogen and oxygen atoms in total. The lowest BCUT2D eigenvalue weighted by Crippen LogP contribution is -2.18. The van der Waals surface area contributed by atoms with Crippen LogP contribution in [0.1, 0.15) is 16.1 Å². The van der Waals surface area contributed by atoms with Gasteiger partial charge in [-0.2, -0.15) is 11.8 Å². The topological polar surface area (TPSA) is 119 Å². The van der Waals surface area contributed by atoms with Gasteiger partial charge in [0.2, 0.25) is 11.1 Å². The molecule has 0 spiro atoms. The van der Waals surface area contributed by atoms with E-state index in [1.807, 2.05) is 24.3 Å². The highest BCUT2D eigenvalue weighted by atomic mass is 32.2. The third-order valence-electron chi connectivity index (χ3n) is 3.67. The van der Waals surface area contributed by atoms with E-state index in [1.54, 1.807) is 25.1 Å². The first-order valence-corrected chi connectivity index (χ1v) is 10.2. The average Bonchev–Trinajstić information content (AvgIpc) is 3.09. The molecule has 2 heterocycles. The number of methoxy groups -OCH3 is 1. The number of benzene rings is 1. The molecule has 0 bridgehead atoms. The van der Waals surface area contributed by atoms with E-state index in [1.165, 1.54) is 11.3 Å². The van der Waals surface area contributed by atoms with Crippen LogP contribution in [0.4, 0.5) is 11.1 Å². The van der Waals surface area contributed by atoms with E-state index in [2.05, 4.69) is 25.5 Å². The summed E-state index contributed by atoms with van der Waals surface area (Å²) in [6.45, 7) is 0.680. The van der Waals surface area contributed by atoms with Gasteiger partial charge in [-0.1, -0.05) is 23.5 Å². The molecule has 4 N–H and O–H groups in total. The lowest BCUT2D eigenvalue weighted by atomic mass is 10.1. The molecule has 0 saturated carbocycles. The second-order valence-corrected chi connectivity index (χ2v) is 7.82. The SMILES string of the molecule is COc1ccc(Cc2cnc(NCCSCc3nnc(N)s3)[nH]c2=O)cc1. The van der Waals surface area contributed by atoms with Crippen molar-refractivity contribution in [2.45, 2.75) is 12.2 Å². The Morgan fingerprint density at radius 1 is 1.30 bits per heavy atom. The molecule has 1 aromatic carbocycles. The maximum Gasteiger partial charge on any atom is 0.255 e. The van der Waals surface area contributed by atoms with Crippen molar-refractivity contribution in [3.8, 4) is 5.75 Å². The number of ether oxygens (including phenoxy) is 1. The van der Waals surface area contributed by atoms with Crippen molar-refractivity contribution in [1.82, 2.24) is 20.2 Å². The van der Waals surface area contributed by atoms with Crippen LogP contribution in [-0.2, 0) is 12.2 Å². The van der Waals surface area contributed by atoms with Crippen LogP contribution >= 0.6 is 23.1 Å². The number of H-pyrrole nitrogens is 1. The zero-order valence-electron chi connectivity index (χ0n) is 14.8. The molecule has 0 amide bonds. The van der Waals surface area contributed by atoms with Gasteiger partial charge in [0.15, 0.2) is 0 Å². The molecule has 27 heavy (non-hydrogen) atoms. The van der Waals surface area contributed by atoms with Crippen LogP contribution in [0, 0.1) is 0 Å². The van der Waals surface area contributed by atoms with Crippen LogP contribution in [0.25, 0.3) is 0 Å². The normalized spacial score (nSPS) is 10.7.